The molecule has 0 spiro atoms. The van der Waals surface area contributed by atoms with Gasteiger partial charge in [0.15, 0.2) is 0 Å². The third-order valence-electron chi connectivity index (χ3n) is 4.36. The third kappa shape index (κ3) is 3.03. The van der Waals surface area contributed by atoms with E-state index in [9.17, 15) is 4.79 Å². The monoisotopic (exact) mass is 348 g/mol. The molecule has 0 aliphatic heterocycles. The lowest BCUT2D eigenvalue weighted by Gasteiger charge is -2.06. The summed E-state index contributed by atoms with van der Waals surface area (Å²) in [6, 6.07) is 12.3. The smallest absolute Gasteiger partial charge is 0.291 e. The summed E-state index contributed by atoms with van der Waals surface area (Å²) >= 11 is 0. The van der Waals surface area contributed by atoms with E-state index in [0.717, 1.165) is 24.4 Å². The predicted molar refractivity (Wildman–Crippen MR) is 99.1 cm³/mol. The number of amides is 1. The van der Waals surface area contributed by atoms with Crippen molar-refractivity contribution >= 4 is 22.6 Å². The maximum atomic E-state index is 12.3. The number of aromatic nitrogens is 5. The van der Waals surface area contributed by atoms with Gasteiger partial charge in [-0.1, -0.05) is 18.2 Å². The summed E-state index contributed by atoms with van der Waals surface area (Å²) in [5, 5.41) is 8.36. The first kappa shape index (κ1) is 16.3. The largest absolute Gasteiger partial charge is 0.349 e. The molecule has 3 aromatic heterocycles. The maximum absolute atomic E-state index is 12.3. The molecule has 0 atom stereocenters. The Labute approximate surface area is 150 Å². The molecule has 1 N–H and O–H groups in total. The van der Waals surface area contributed by atoms with Gasteiger partial charge in [0.25, 0.3) is 11.7 Å². The highest BCUT2D eigenvalue weighted by Crippen LogP contribution is 2.15. The molecule has 7 heteroatoms. The van der Waals surface area contributed by atoms with Crippen molar-refractivity contribution in [1.82, 2.24) is 29.5 Å². The van der Waals surface area contributed by atoms with E-state index in [1.54, 1.807) is 4.52 Å². The Kier molecular flexibility index (Phi) is 4.12. The molecule has 3 heterocycles. The minimum absolute atomic E-state index is 0.151. The Morgan fingerprint density at radius 2 is 2.00 bits per heavy atom. The van der Waals surface area contributed by atoms with Crippen LogP contribution in [0.5, 0.6) is 0 Å². The topological polar surface area (TPSA) is 77.1 Å². The van der Waals surface area contributed by atoms with Gasteiger partial charge in [0.05, 0.1) is 0 Å². The second-order valence-electron chi connectivity index (χ2n) is 6.36. The van der Waals surface area contributed by atoms with Gasteiger partial charge in [0, 0.05) is 36.2 Å². The average molecular weight is 348 g/mol. The Morgan fingerprint density at radius 1 is 1.15 bits per heavy atom. The number of fused-ring (bicyclic) bond motifs is 2. The first-order chi connectivity index (χ1) is 12.6. The minimum atomic E-state index is -0.273. The van der Waals surface area contributed by atoms with Crippen molar-refractivity contribution in [3.8, 4) is 0 Å². The summed E-state index contributed by atoms with van der Waals surface area (Å²) in [7, 11) is 0. The van der Waals surface area contributed by atoms with Crippen LogP contribution in [0.25, 0.3) is 16.7 Å². The Morgan fingerprint density at radius 3 is 2.88 bits per heavy atom. The quantitative estimate of drug-likeness (QED) is 0.562. The van der Waals surface area contributed by atoms with E-state index in [1.807, 2.05) is 32.0 Å². The van der Waals surface area contributed by atoms with Gasteiger partial charge in [0.1, 0.15) is 0 Å². The van der Waals surface area contributed by atoms with Gasteiger partial charge < -0.3 is 9.88 Å². The fraction of sp³-hybridized carbons (Fsp3) is 0.263. The lowest BCUT2D eigenvalue weighted by molar-refractivity contribution is 0.0942. The summed E-state index contributed by atoms with van der Waals surface area (Å²) in [5.41, 5.74) is 2.96. The first-order valence-corrected chi connectivity index (χ1v) is 8.65. The van der Waals surface area contributed by atoms with Gasteiger partial charge in [-0.05, 0) is 43.9 Å². The highest BCUT2D eigenvalue weighted by Gasteiger charge is 2.14. The van der Waals surface area contributed by atoms with Crippen molar-refractivity contribution < 1.29 is 4.79 Å². The van der Waals surface area contributed by atoms with Crippen molar-refractivity contribution in [2.75, 3.05) is 6.54 Å². The third-order valence-corrected chi connectivity index (χ3v) is 4.36. The number of hydrogen-bond donors (Lipinski definition) is 1. The van der Waals surface area contributed by atoms with E-state index in [4.69, 9.17) is 0 Å². The normalized spacial score (nSPS) is 11.3. The summed E-state index contributed by atoms with van der Waals surface area (Å²) in [6.07, 6.45) is 2.90. The van der Waals surface area contributed by atoms with Gasteiger partial charge in [-0.25, -0.2) is 9.50 Å². The molecular weight excluding hydrogens is 328 g/mol. The Balaban J connectivity index is 1.37. The van der Waals surface area contributed by atoms with E-state index in [0.29, 0.717) is 12.3 Å². The fourth-order valence-electron chi connectivity index (χ4n) is 3.13. The predicted octanol–water partition coefficient (Wildman–Crippen LogP) is 2.52. The van der Waals surface area contributed by atoms with Crippen molar-refractivity contribution in [1.29, 1.82) is 0 Å². The lowest BCUT2D eigenvalue weighted by atomic mass is 10.2. The number of nitrogens with one attached hydrogen (secondary N) is 1. The molecule has 0 unspecified atom stereocenters. The number of para-hydroxylation sites is 1. The Bertz CT molecular complexity index is 1090. The number of rotatable bonds is 5. The number of carbonyl (C=O) groups excluding carboxylic acids is 1. The lowest BCUT2D eigenvalue weighted by Crippen LogP contribution is -2.26. The van der Waals surface area contributed by atoms with Crippen LogP contribution >= 0.6 is 0 Å². The van der Waals surface area contributed by atoms with Gasteiger partial charge in [-0.2, -0.15) is 4.98 Å². The molecule has 0 radical (unpaired) electrons. The zero-order chi connectivity index (χ0) is 18.1. The zero-order valence-corrected chi connectivity index (χ0v) is 14.8. The van der Waals surface area contributed by atoms with Crippen LogP contribution in [-0.4, -0.2) is 36.6 Å². The van der Waals surface area contributed by atoms with Crippen LogP contribution in [0.3, 0.4) is 0 Å². The van der Waals surface area contributed by atoms with Crippen LogP contribution in [0.2, 0.25) is 0 Å². The van der Waals surface area contributed by atoms with Gasteiger partial charge >= 0.3 is 0 Å². The molecule has 1 amide bonds. The second-order valence-corrected chi connectivity index (χ2v) is 6.36. The highest BCUT2D eigenvalue weighted by molar-refractivity contribution is 5.90. The summed E-state index contributed by atoms with van der Waals surface area (Å²) < 4.78 is 3.79. The van der Waals surface area contributed by atoms with Crippen molar-refractivity contribution in [2.24, 2.45) is 0 Å². The van der Waals surface area contributed by atoms with E-state index >= 15 is 0 Å². The van der Waals surface area contributed by atoms with Crippen LogP contribution in [0.1, 0.15) is 28.4 Å². The van der Waals surface area contributed by atoms with Gasteiger partial charge in [-0.15, -0.1) is 5.10 Å². The number of hydrogen-bond acceptors (Lipinski definition) is 4. The average Bonchev–Trinajstić information content (AvgIpc) is 3.23. The second kappa shape index (κ2) is 6.59. The van der Waals surface area contributed by atoms with Crippen molar-refractivity contribution in [3.63, 3.8) is 0 Å². The van der Waals surface area contributed by atoms with Gasteiger partial charge in [-0.3, -0.25) is 4.79 Å². The molecule has 26 heavy (non-hydrogen) atoms. The van der Waals surface area contributed by atoms with Crippen molar-refractivity contribution in [2.45, 2.75) is 26.8 Å². The molecule has 7 nitrogen and oxygen atoms in total. The zero-order valence-electron chi connectivity index (χ0n) is 14.8. The van der Waals surface area contributed by atoms with E-state index in [1.165, 1.54) is 10.9 Å². The van der Waals surface area contributed by atoms with Crippen LogP contribution in [0.15, 0.2) is 42.6 Å². The Hall–Kier alpha value is -3.22. The minimum Gasteiger partial charge on any atom is -0.349 e. The molecule has 0 saturated heterocycles. The van der Waals surface area contributed by atoms with E-state index < -0.39 is 0 Å². The summed E-state index contributed by atoms with van der Waals surface area (Å²) in [5.74, 6) is 0.328. The molecule has 0 saturated carbocycles. The van der Waals surface area contributed by atoms with E-state index in [-0.39, 0.29) is 11.7 Å². The first-order valence-electron chi connectivity index (χ1n) is 8.65. The van der Waals surface area contributed by atoms with Crippen LogP contribution in [0, 0.1) is 13.8 Å². The SMILES string of the molecule is Cc1cc(C)n2nc(C(=O)NCCCn3ccc4ccccc43)nc2n1. The molecule has 1 aromatic carbocycles. The molecule has 4 aromatic rings. The van der Waals surface area contributed by atoms with Crippen LogP contribution < -0.4 is 5.32 Å². The van der Waals surface area contributed by atoms with E-state index in [2.05, 4.69) is 49.3 Å². The number of carbonyl (C=O) groups is 1. The number of aryl methyl sites for hydroxylation is 3. The molecule has 4 rings (SSSR count). The highest BCUT2D eigenvalue weighted by atomic mass is 16.2. The molecule has 0 fully saturated rings. The summed E-state index contributed by atoms with van der Waals surface area (Å²) in [4.78, 5) is 20.8. The number of benzene rings is 1. The fourth-order valence-corrected chi connectivity index (χ4v) is 3.13. The molecule has 0 aliphatic rings. The molecule has 132 valence electrons. The molecule has 0 aliphatic carbocycles. The number of nitrogens with zero attached hydrogens (tertiary/aromatic N) is 5. The molecule has 0 bridgehead atoms. The standard InChI is InChI=1S/C19H20N6O/c1-13-12-14(2)25-19(21-13)22-17(23-25)18(26)20-9-5-10-24-11-8-15-6-3-4-7-16(15)24/h3-4,6-8,11-12H,5,9-10H2,1-2H3,(H,20,26). The maximum Gasteiger partial charge on any atom is 0.291 e. The van der Waals surface area contributed by atoms with Crippen molar-refractivity contribution in [3.05, 3.63) is 59.8 Å². The van der Waals surface area contributed by atoms with Crippen LogP contribution in [-0.2, 0) is 6.54 Å². The molecular formula is C19H20N6O. The van der Waals surface area contributed by atoms with Crippen LogP contribution in [0.4, 0.5) is 0 Å². The van der Waals surface area contributed by atoms with Gasteiger partial charge in [0.2, 0.25) is 5.82 Å². The summed E-state index contributed by atoms with van der Waals surface area (Å²) in [6.45, 7) is 5.21.